The minimum atomic E-state index is -0.582. The van der Waals surface area contributed by atoms with Crippen molar-refractivity contribution in [3.05, 3.63) is 59.7 Å². The Bertz CT molecular complexity index is 636. The van der Waals surface area contributed by atoms with Gasteiger partial charge in [-0.3, -0.25) is 9.69 Å². The first-order valence-corrected chi connectivity index (χ1v) is 6.34. The number of fused-ring (bicyclic) bond motifs is 2. The van der Waals surface area contributed by atoms with Crippen LogP contribution in [0.1, 0.15) is 24.2 Å². The van der Waals surface area contributed by atoms with Gasteiger partial charge < -0.3 is 5.11 Å². The van der Waals surface area contributed by atoms with Crippen LogP contribution in [0.15, 0.2) is 48.5 Å². The molecule has 2 aromatic carbocycles. The fourth-order valence-electron chi connectivity index (χ4n) is 2.66. The predicted octanol–water partition coefficient (Wildman–Crippen LogP) is 2.96. The van der Waals surface area contributed by atoms with Crippen LogP contribution < -0.4 is 4.90 Å². The summed E-state index contributed by atoms with van der Waals surface area (Å²) in [5.41, 5.74) is 3.42. The number of aliphatic hydroxyl groups is 1. The maximum absolute atomic E-state index is 12.0. The van der Waals surface area contributed by atoms with E-state index in [2.05, 4.69) is 0 Å². The number of anilines is 2. The minimum Gasteiger partial charge on any atom is -0.388 e. The number of aliphatic hydroxyl groups excluding tert-OH is 1. The van der Waals surface area contributed by atoms with Crippen molar-refractivity contribution < 1.29 is 9.90 Å². The summed E-state index contributed by atoms with van der Waals surface area (Å²) in [5.74, 6) is -0.0472. The molecule has 1 aliphatic heterocycles. The SMILES string of the molecule is CC(=O)N1c2ccccc2C[C@H](O)c2ccccc21. The van der Waals surface area contributed by atoms with Crippen LogP contribution in [0.25, 0.3) is 0 Å². The van der Waals surface area contributed by atoms with E-state index < -0.39 is 6.10 Å². The Morgan fingerprint density at radius 2 is 1.74 bits per heavy atom. The Morgan fingerprint density at radius 1 is 1.11 bits per heavy atom. The van der Waals surface area contributed by atoms with Crippen LogP contribution >= 0.6 is 0 Å². The standard InChI is InChI=1S/C16H15NO2/c1-11(18)17-14-8-4-2-6-12(14)10-16(19)13-7-3-5-9-15(13)17/h2-9,16,19H,10H2,1H3/t16-/m0/s1. The van der Waals surface area contributed by atoms with Crippen LogP contribution in [0.3, 0.4) is 0 Å². The number of carbonyl (C=O) groups excluding carboxylic acids is 1. The molecule has 1 amide bonds. The fraction of sp³-hybridized carbons (Fsp3) is 0.188. The first-order valence-electron chi connectivity index (χ1n) is 6.34. The van der Waals surface area contributed by atoms with Crippen LogP contribution in [0, 0.1) is 0 Å². The van der Waals surface area contributed by atoms with E-state index in [1.807, 2.05) is 48.5 Å². The third-order valence-electron chi connectivity index (χ3n) is 3.50. The molecule has 0 saturated carbocycles. The average Bonchev–Trinajstić information content (AvgIpc) is 2.53. The van der Waals surface area contributed by atoms with Gasteiger partial charge in [-0.25, -0.2) is 0 Å². The molecule has 0 unspecified atom stereocenters. The monoisotopic (exact) mass is 253 g/mol. The number of carbonyl (C=O) groups is 1. The van der Waals surface area contributed by atoms with Crippen LogP contribution in [-0.2, 0) is 11.2 Å². The smallest absolute Gasteiger partial charge is 0.228 e. The van der Waals surface area contributed by atoms with E-state index in [-0.39, 0.29) is 5.91 Å². The zero-order valence-electron chi connectivity index (χ0n) is 10.7. The number of hydrogen-bond acceptors (Lipinski definition) is 2. The van der Waals surface area contributed by atoms with Gasteiger partial charge in [-0.05, 0) is 17.7 Å². The number of amides is 1. The Balaban J connectivity index is 2.28. The molecule has 0 fully saturated rings. The van der Waals surface area contributed by atoms with E-state index in [9.17, 15) is 9.90 Å². The van der Waals surface area contributed by atoms with Gasteiger partial charge in [0, 0.05) is 18.9 Å². The molecule has 0 bridgehead atoms. The van der Waals surface area contributed by atoms with E-state index in [4.69, 9.17) is 0 Å². The Hall–Kier alpha value is -2.13. The normalized spacial score (nSPS) is 17.4. The third-order valence-corrected chi connectivity index (χ3v) is 3.50. The second-order valence-electron chi connectivity index (χ2n) is 4.76. The van der Waals surface area contributed by atoms with Crippen molar-refractivity contribution in [2.75, 3.05) is 4.90 Å². The van der Waals surface area contributed by atoms with Gasteiger partial charge in [-0.1, -0.05) is 36.4 Å². The number of para-hydroxylation sites is 2. The molecule has 1 heterocycles. The van der Waals surface area contributed by atoms with E-state index in [0.29, 0.717) is 6.42 Å². The molecule has 3 nitrogen and oxygen atoms in total. The first kappa shape index (κ1) is 11.9. The maximum atomic E-state index is 12.0. The van der Waals surface area contributed by atoms with Gasteiger partial charge in [-0.2, -0.15) is 0 Å². The summed E-state index contributed by atoms with van der Waals surface area (Å²) < 4.78 is 0. The van der Waals surface area contributed by atoms with Crippen LogP contribution in [0.2, 0.25) is 0 Å². The van der Waals surface area contributed by atoms with E-state index >= 15 is 0 Å². The number of hydrogen-bond donors (Lipinski definition) is 1. The molecule has 0 aromatic heterocycles. The molecule has 2 aromatic rings. The molecular formula is C16H15NO2. The summed E-state index contributed by atoms with van der Waals surface area (Å²) in [6.07, 6.45) is -0.0570. The van der Waals surface area contributed by atoms with Crippen molar-refractivity contribution in [3.63, 3.8) is 0 Å². The van der Waals surface area contributed by atoms with Crippen LogP contribution in [0.4, 0.5) is 11.4 Å². The number of nitrogens with zero attached hydrogens (tertiary/aromatic N) is 1. The summed E-state index contributed by atoms with van der Waals surface area (Å²) in [6.45, 7) is 1.55. The van der Waals surface area contributed by atoms with Gasteiger partial charge in [0.05, 0.1) is 17.5 Å². The predicted molar refractivity (Wildman–Crippen MR) is 74.4 cm³/mol. The highest BCUT2D eigenvalue weighted by molar-refractivity contribution is 6.01. The van der Waals surface area contributed by atoms with Crippen molar-refractivity contribution in [2.24, 2.45) is 0 Å². The highest BCUT2D eigenvalue weighted by atomic mass is 16.3. The van der Waals surface area contributed by atoms with Crippen molar-refractivity contribution in [2.45, 2.75) is 19.4 Å². The topological polar surface area (TPSA) is 40.5 Å². The molecule has 0 aliphatic carbocycles. The Kier molecular flexibility index (Phi) is 2.84. The highest BCUT2D eigenvalue weighted by Gasteiger charge is 2.27. The summed E-state index contributed by atoms with van der Waals surface area (Å²) >= 11 is 0. The van der Waals surface area contributed by atoms with E-state index in [1.165, 1.54) is 0 Å². The van der Waals surface area contributed by atoms with E-state index in [1.54, 1.807) is 11.8 Å². The molecule has 1 atom stereocenters. The summed E-state index contributed by atoms with van der Waals surface area (Å²) in [7, 11) is 0. The molecule has 3 heteroatoms. The van der Waals surface area contributed by atoms with E-state index in [0.717, 1.165) is 22.5 Å². The first-order chi connectivity index (χ1) is 9.18. The lowest BCUT2D eigenvalue weighted by Gasteiger charge is -2.23. The lowest BCUT2D eigenvalue weighted by molar-refractivity contribution is -0.115. The number of rotatable bonds is 0. The molecule has 1 aliphatic rings. The minimum absolute atomic E-state index is 0.0472. The lowest BCUT2D eigenvalue weighted by atomic mass is 10.0. The summed E-state index contributed by atoms with van der Waals surface area (Å²) in [6, 6.07) is 15.2. The summed E-state index contributed by atoms with van der Waals surface area (Å²) in [5, 5.41) is 10.3. The molecule has 1 N–H and O–H groups in total. The maximum Gasteiger partial charge on any atom is 0.228 e. The molecule has 3 rings (SSSR count). The molecular weight excluding hydrogens is 238 g/mol. The van der Waals surface area contributed by atoms with Gasteiger partial charge >= 0.3 is 0 Å². The van der Waals surface area contributed by atoms with Gasteiger partial charge in [0.15, 0.2) is 0 Å². The molecule has 96 valence electrons. The van der Waals surface area contributed by atoms with Gasteiger partial charge in [0.1, 0.15) is 0 Å². The quantitative estimate of drug-likeness (QED) is 0.784. The molecule has 0 radical (unpaired) electrons. The Morgan fingerprint density at radius 3 is 2.47 bits per heavy atom. The van der Waals surface area contributed by atoms with Crippen molar-refractivity contribution >= 4 is 17.3 Å². The second-order valence-corrected chi connectivity index (χ2v) is 4.76. The van der Waals surface area contributed by atoms with Gasteiger partial charge in [0.2, 0.25) is 5.91 Å². The van der Waals surface area contributed by atoms with Crippen molar-refractivity contribution in [1.82, 2.24) is 0 Å². The highest BCUT2D eigenvalue weighted by Crippen LogP contribution is 2.39. The lowest BCUT2D eigenvalue weighted by Crippen LogP contribution is -2.23. The zero-order chi connectivity index (χ0) is 13.4. The van der Waals surface area contributed by atoms with Crippen molar-refractivity contribution in [3.8, 4) is 0 Å². The fourth-order valence-corrected chi connectivity index (χ4v) is 2.66. The molecule has 19 heavy (non-hydrogen) atoms. The van der Waals surface area contributed by atoms with Gasteiger partial charge in [0.25, 0.3) is 0 Å². The molecule has 0 saturated heterocycles. The Labute approximate surface area is 112 Å². The average molecular weight is 253 g/mol. The van der Waals surface area contributed by atoms with Crippen LogP contribution in [-0.4, -0.2) is 11.0 Å². The second kappa shape index (κ2) is 4.52. The van der Waals surface area contributed by atoms with Crippen LogP contribution in [0.5, 0.6) is 0 Å². The molecule has 0 spiro atoms. The van der Waals surface area contributed by atoms with Gasteiger partial charge in [-0.15, -0.1) is 0 Å². The largest absolute Gasteiger partial charge is 0.388 e. The number of benzene rings is 2. The third kappa shape index (κ3) is 1.92. The zero-order valence-corrected chi connectivity index (χ0v) is 10.7. The summed E-state index contributed by atoms with van der Waals surface area (Å²) in [4.78, 5) is 13.7. The van der Waals surface area contributed by atoms with Crippen molar-refractivity contribution in [1.29, 1.82) is 0 Å².